The molecule has 0 unspecified atom stereocenters. The summed E-state index contributed by atoms with van der Waals surface area (Å²) in [4.78, 5) is 6.50. The summed E-state index contributed by atoms with van der Waals surface area (Å²) >= 11 is 0. The summed E-state index contributed by atoms with van der Waals surface area (Å²) in [6.07, 6.45) is 3.82. The molecule has 1 saturated heterocycles. The van der Waals surface area contributed by atoms with E-state index in [4.69, 9.17) is 0 Å². The van der Waals surface area contributed by atoms with E-state index in [0.29, 0.717) is 5.82 Å². The largest absolute Gasteiger partial charge is 0.355 e. The Balaban J connectivity index is 1.76. The fourth-order valence-electron chi connectivity index (χ4n) is 2.45. The number of hydrogen-bond donors (Lipinski definition) is 1. The predicted octanol–water partition coefficient (Wildman–Crippen LogP) is 3.13. The molecule has 2 aromatic rings. The maximum atomic E-state index is 13.6. The van der Waals surface area contributed by atoms with E-state index in [1.165, 1.54) is 12.1 Å². The quantitative estimate of drug-likeness (QED) is 0.944. The van der Waals surface area contributed by atoms with Gasteiger partial charge in [-0.3, -0.25) is 0 Å². The van der Waals surface area contributed by atoms with E-state index >= 15 is 0 Å². The average Bonchev–Trinajstić information content (AvgIpc) is 2.51. The molecule has 116 valence electrons. The van der Waals surface area contributed by atoms with Gasteiger partial charge in [0, 0.05) is 19.2 Å². The smallest absolute Gasteiger partial charge is 0.249 e. The molecule has 1 N–H and O–H groups in total. The molecule has 1 fully saturated rings. The molecule has 0 atom stereocenters. The van der Waals surface area contributed by atoms with Gasteiger partial charge in [0.2, 0.25) is 5.95 Å². The second-order valence-electron chi connectivity index (χ2n) is 5.56. The Morgan fingerprint density at radius 1 is 1.23 bits per heavy atom. The van der Waals surface area contributed by atoms with E-state index < -0.39 is 11.6 Å². The van der Waals surface area contributed by atoms with Crippen LogP contribution in [0.4, 0.5) is 26.2 Å². The Bertz CT molecular complexity index is 656. The lowest BCUT2D eigenvalue weighted by Crippen LogP contribution is -2.33. The summed E-state index contributed by atoms with van der Waals surface area (Å²) in [7, 11) is 0. The molecule has 7 heteroatoms. The molecule has 0 saturated carbocycles. The molecule has 22 heavy (non-hydrogen) atoms. The van der Waals surface area contributed by atoms with Gasteiger partial charge in [0.1, 0.15) is 11.6 Å². The molecule has 0 spiro atoms. The van der Waals surface area contributed by atoms with Crippen LogP contribution in [0, 0.1) is 17.6 Å². The third kappa shape index (κ3) is 3.29. The number of anilines is 3. The minimum atomic E-state index is -0.694. The lowest BCUT2D eigenvalue weighted by atomic mass is 9.99. The highest BCUT2D eigenvalue weighted by Crippen LogP contribution is 2.23. The van der Waals surface area contributed by atoms with E-state index in [9.17, 15) is 8.78 Å². The molecular weight excluding hydrogens is 288 g/mol. The highest BCUT2D eigenvalue weighted by molar-refractivity contribution is 5.55. The highest BCUT2D eigenvalue weighted by Gasteiger charge is 2.18. The van der Waals surface area contributed by atoms with Crippen LogP contribution in [-0.4, -0.2) is 28.3 Å². The molecule has 0 amide bonds. The standard InChI is InChI=1S/C15H17F2N5/c1-10-4-6-22(7-5-10)14-9-18-21-15(20-14)19-13-3-2-11(16)8-12(13)17/h2-3,8-10H,4-7H2,1H3,(H,19,20,21). The van der Waals surface area contributed by atoms with Gasteiger partial charge in [0.25, 0.3) is 0 Å². The van der Waals surface area contributed by atoms with Crippen molar-refractivity contribution in [2.45, 2.75) is 19.8 Å². The maximum absolute atomic E-state index is 13.6. The summed E-state index contributed by atoms with van der Waals surface area (Å²) < 4.78 is 26.6. The zero-order valence-corrected chi connectivity index (χ0v) is 12.3. The second kappa shape index (κ2) is 6.21. The number of piperidine rings is 1. The second-order valence-corrected chi connectivity index (χ2v) is 5.56. The van der Waals surface area contributed by atoms with Crippen LogP contribution in [0.15, 0.2) is 24.4 Å². The molecule has 0 bridgehead atoms. The van der Waals surface area contributed by atoms with E-state index in [1.54, 1.807) is 6.20 Å². The highest BCUT2D eigenvalue weighted by atomic mass is 19.1. The van der Waals surface area contributed by atoms with Gasteiger partial charge in [-0.2, -0.15) is 10.1 Å². The first-order chi connectivity index (χ1) is 10.6. The van der Waals surface area contributed by atoms with Gasteiger partial charge in [-0.25, -0.2) is 8.78 Å². The first-order valence-electron chi connectivity index (χ1n) is 7.28. The summed E-state index contributed by atoms with van der Waals surface area (Å²) in [6.45, 7) is 4.08. The molecular formula is C15H17F2N5. The van der Waals surface area contributed by atoms with Crippen LogP contribution in [-0.2, 0) is 0 Å². The number of halogens is 2. The number of benzene rings is 1. The van der Waals surface area contributed by atoms with Gasteiger partial charge in [0.15, 0.2) is 5.82 Å². The van der Waals surface area contributed by atoms with Crippen LogP contribution in [0.25, 0.3) is 0 Å². The first-order valence-corrected chi connectivity index (χ1v) is 7.28. The van der Waals surface area contributed by atoms with Crippen molar-refractivity contribution in [1.29, 1.82) is 0 Å². The van der Waals surface area contributed by atoms with Crippen molar-refractivity contribution in [3.05, 3.63) is 36.0 Å². The fourth-order valence-corrected chi connectivity index (χ4v) is 2.45. The van der Waals surface area contributed by atoms with Crippen molar-refractivity contribution in [2.24, 2.45) is 5.92 Å². The Labute approximate surface area is 127 Å². The zero-order valence-electron chi connectivity index (χ0n) is 12.3. The Hall–Kier alpha value is -2.31. The summed E-state index contributed by atoms with van der Waals surface area (Å²) in [6, 6.07) is 3.30. The van der Waals surface area contributed by atoms with Gasteiger partial charge >= 0.3 is 0 Å². The van der Waals surface area contributed by atoms with Crippen molar-refractivity contribution < 1.29 is 8.78 Å². The third-order valence-corrected chi connectivity index (χ3v) is 3.83. The maximum Gasteiger partial charge on any atom is 0.249 e. The predicted molar refractivity (Wildman–Crippen MR) is 80.1 cm³/mol. The SMILES string of the molecule is CC1CCN(c2cnnc(Nc3ccc(F)cc3F)n2)CC1. The molecule has 0 aliphatic carbocycles. The van der Waals surface area contributed by atoms with Crippen LogP contribution in [0.2, 0.25) is 0 Å². The van der Waals surface area contributed by atoms with Crippen LogP contribution in [0.5, 0.6) is 0 Å². The van der Waals surface area contributed by atoms with Gasteiger partial charge < -0.3 is 10.2 Å². The molecule has 1 aromatic heterocycles. The van der Waals surface area contributed by atoms with E-state index in [2.05, 4.69) is 32.3 Å². The normalized spacial score (nSPS) is 15.9. The Morgan fingerprint density at radius 2 is 2.00 bits per heavy atom. The zero-order chi connectivity index (χ0) is 15.5. The van der Waals surface area contributed by atoms with Crippen molar-refractivity contribution in [1.82, 2.24) is 15.2 Å². The Morgan fingerprint density at radius 3 is 2.73 bits per heavy atom. The van der Waals surface area contributed by atoms with Crippen molar-refractivity contribution in [2.75, 3.05) is 23.3 Å². The first kappa shape index (κ1) is 14.6. The summed E-state index contributed by atoms with van der Waals surface area (Å²) in [5.41, 5.74) is 0.118. The van der Waals surface area contributed by atoms with Crippen LogP contribution < -0.4 is 10.2 Å². The molecule has 5 nitrogen and oxygen atoms in total. The average molecular weight is 305 g/mol. The van der Waals surface area contributed by atoms with E-state index in [1.807, 2.05) is 0 Å². The van der Waals surface area contributed by atoms with Crippen LogP contribution >= 0.6 is 0 Å². The molecule has 1 aromatic carbocycles. The van der Waals surface area contributed by atoms with Gasteiger partial charge in [-0.1, -0.05) is 6.92 Å². The molecule has 3 rings (SSSR count). The van der Waals surface area contributed by atoms with Gasteiger partial charge in [-0.15, -0.1) is 5.10 Å². The minimum Gasteiger partial charge on any atom is -0.355 e. The molecule has 1 aliphatic heterocycles. The number of hydrogen-bond acceptors (Lipinski definition) is 5. The molecule has 1 aliphatic rings. The topological polar surface area (TPSA) is 53.9 Å². The number of nitrogens with one attached hydrogen (secondary N) is 1. The van der Waals surface area contributed by atoms with E-state index in [0.717, 1.165) is 37.9 Å². The number of nitrogens with zero attached hydrogens (tertiary/aromatic N) is 4. The molecule has 2 heterocycles. The molecule has 0 radical (unpaired) electrons. The van der Waals surface area contributed by atoms with Gasteiger partial charge in [-0.05, 0) is 30.9 Å². The summed E-state index contributed by atoms with van der Waals surface area (Å²) in [5.74, 6) is 0.310. The monoisotopic (exact) mass is 305 g/mol. The summed E-state index contributed by atoms with van der Waals surface area (Å²) in [5, 5.41) is 10.5. The Kier molecular flexibility index (Phi) is 4.13. The minimum absolute atomic E-state index is 0.118. The van der Waals surface area contributed by atoms with Gasteiger partial charge in [0.05, 0.1) is 11.9 Å². The lowest BCUT2D eigenvalue weighted by molar-refractivity contribution is 0.436. The van der Waals surface area contributed by atoms with Crippen molar-refractivity contribution in [3.8, 4) is 0 Å². The number of aromatic nitrogens is 3. The van der Waals surface area contributed by atoms with E-state index in [-0.39, 0.29) is 11.6 Å². The number of rotatable bonds is 3. The van der Waals surface area contributed by atoms with Crippen molar-refractivity contribution in [3.63, 3.8) is 0 Å². The fraction of sp³-hybridized carbons (Fsp3) is 0.400. The van der Waals surface area contributed by atoms with Crippen molar-refractivity contribution >= 4 is 17.5 Å². The third-order valence-electron chi connectivity index (χ3n) is 3.83. The van der Waals surface area contributed by atoms with Crippen LogP contribution in [0.1, 0.15) is 19.8 Å². The lowest BCUT2D eigenvalue weighted by Gasteiger charge is -2.30. The van der Waals surface area contributed by atoms with Crippen LogP contribution in [0.3, 0.4) is 0 Å².